The van der Waals surface area contributed by atoms with Gasteiger partial charge in [0.1, 0.15) is 17.9 Å². The van der Waals surface area contributed by atoms with Gasteiger partial charge in [0.05, 0.1) is 13.2 Å². The second-order valence-electron chi connectivity index (χ2n) is 19.4. The summed E-state index contributed by atoms with van der Waals surface area (Å²) in [5.74, 6) is 0.581. The van der Waals surface area contributed by atoms with Crippen molar-refractivity contribution in [3.63, 3.8) is 0 Å². The van der Waals surface area contributed by atoms with Gasteiger partial charge in [-0.2, -0.15) is 0 Å². The number of carbonyl (C=O) groups excluding carboxylic acids is 4. The van der Waals surface area contributed by atoms with E-state index < -0.39 is 0 Å². The maximum Gasteiger partial charge on any atom is 0.323 e. The van der Waals surface area contributed by atoms with Crippen LogP contribution in [0.5, 0.6) is 0 Å². The molecule has 1 heterocycles. The number of ether oxygens (including phenoxy) is 3. The predicted octanol–water partition coefficient (Wildman–Crippen LogP) is 14.2. The highest BCUT2D eigenvalue weighted by Gasteiger charge is 2.35. The molecule has 1 rings (SSSR count). The molecule has 1 aliphatic heterocycles. The van der Waals surface area contributed by atoms with Gasteiger partial charge in [0.15, 0.2) is 0 Å². The van der Waals surface area contributed by atoms with Gasteiger partial charge in [0, 0.05) is 32.4 Å². The van der Waals surface area contributed by atoms with Gasteiger partial charge < -0.3 is 19.1 Å². The number of hydrogen-bond donors (Lipinski definition) is 0. The number of hydrogen-bond acceptors (Lipinski definition) is 9. The fraction of sp³-hybridized carbons (Fsp3) is 0.926. The van der Waals surface area contributed by atoms with Crippen LogP contribution in [-0.2, 0) is 33.4 Å². The summed E-state index contributed by atoms with van der Waals surface area (Å²) >= 11 is 0. The summed E-state index contributed by atoms with van der Waals surface area (Å²) in [5, 5.41) is 0. The minimum Gasteiger partial charge on any atom is -0.466 e. The number of carbonyl (C=O) groups is 4. The number of unbranched alkanes of at least 4 members (excludes halogenated alkanes) is 24. The van der Waals surface area contributed by atoms with E-state index in [1.807, 2.05) is 19.0 Å². The summed E-state index contributed by atoms with van der Waals surface area (Å²) in [6.45, 7) is 14.3. The molecule has 1 saturated heterocycles. The molecule has 0 spiro atoms. The maximum atomic E-state index is 13.0. The highest BCUT2D eigenvalue weighted by atomic mass is 16.5. The average Bonchev–Trinajstić information content (AvgIpc) is 3.63. The Kier molecular flexibility index (Phi) is 43.7. The van der Waals surface area contributed by atoms with Gasteiger partial charge in [-0.1, -0.05) is 169 Å². The molecule has 0 aromatic rings. The number of likely N-dealkylation sites (tertiary alicyclic amines) is 1. The molecule has 372 valence electrons. The second kappa shape index (κ2) is 45.2. The molecule has 0 unspecified atom stereocenters. The maximum absolute atomic E-state index is 13.0. The Bertz CT molecular complexity index is 1050. The number of nitrogens with zero attached hydrogens (tertiary/aromatic N) is 2. The first-order chi connectivity index (χ1) is 30.5. The van der Waals surface area contributed by atoms with Crippen LogP contribution in [0.15, 0.2) is 0 Å². The van der Waals surface area contributed by atoms with E-state index in [-0.39, 0.29) is 35.8 Å². The van der Waals surface area contributed by atoms with Crippen LogP contribution >= 0.6 is 0 Å². The molecule has 0 amide bonds. The Hall–Kier alpha value is -2.00. The second-order valence-corrected chi connectivity index (χ2v) is 19.4. The quantitative estimate of drug-likeness (QED) is 0.0336. The van der Waals surface area contributed by atoms with Crippen molar-refractivity contribution in [1.29, 1.82) is 0 Å². The SMILES string of the molecule is CC(=O)CCN(C)C.CCCCCCCCCCCOC(=O)CCCCCN1C[C@@H](C)C[C@H]1C(=O)OCCCCCCCC(=O)OC(CCCCCCCC)CCCCCCCC. The van der Waals surface area contributed by atoms with Crippen LogP contribution in [0.1, 0.15) is 259 Å². The average molecular weight is 893 g/mol. The van der Waals surface area contributed by atoms with Gasteiger partial charge in [-0.05, 0) is 97.7 Å². The molecule has 0 radical (unpaired) electrons. The Labute approximate surface area is 390 Å². The largest absolute Gasteiger partial charge is 0.466 e. The first-order valence-corrected chi connectivity index (χ1v) is 26.9. The summed E-state index contributed by atoms with van der Waals surface area (Å²) in [4.78, 5) is 52.5. The molecule has 9 nitrogen and oxygen atoms in total. The van der Waals surface area contributed by atoms with Gasteiger partial charge in [0.2, 0.25) is 0 Å². The van der Waals surface area contributed by atoms with E-state index in [9.17, 15) is 19.2 Å². The first-order valence-electron chi connectivity index (χ1n) is 26.9. The lowest BCUT2D eigenvalue weighted by molar-refractivity contribution is -0.150. The minimum atomic E-state index is -0.145. The first kappa shape index (κ1) is 61.0. The van der Waals surface area contributed by atoms with Gasteiger partial charge in [-0.15, -0.1) is 0 Å². The van der Waals surface area contributed by atoms with Crippen molar-refractivity contribution < 1.29 is 33.4 Å². The number of rotatable bonds is 43. The van der Waals surface area contributed by atoms with Crippen molar-refractivity contribution in [2.75, 3.05) is 46.9 Å². The lowest BCUT2D eigenvalue weighted by atomic mass is 10.0. The zero-order chi connectivity index (χ0) is 46.6. The van der Waals surface area contributed by atoms with Crippen LogP contribution < -0.4 is 0 Å². The molecule has 1 aliphatic rings. The summed E-state index contributed by atoms with van der Waals surface area (Å²) in [7, 11) is 3.92. The molecule has 0 aromatic carbocycles. The van der Waals surface area contributed by atoms with Crippen LogP contribution in [0.4, 0.5) is 0 Å². The van der Waals surface area contributed by atoms with Crippen LogP contribution in [0.25, 0.3) is 0 Å². The van der Waals surface area contributed by atoms with E-state index in [0.717, 1.165) is 103 Å². The van der Waals surface area contributed by atoms with Crippen molar-refractivity contribution in [3.05, 3.63) is 0 Å². The smallest absolute Gasteiger partial charge is 0.323 e. The highest BCUT2D eigenvalue weighted by Crippen LogP contribution is 2.25. The number of Topliss-reactive ketones (excluding diaryl/α,β-unsaturated/α-hetero) is 1. The normalized spacial score (nSPS) is 15.1. The number of esters is 3. The van der Waals surface area contributed by atoms with E-state index in [1.54, 1.807) is 6.92 Å². The molecule has 63 heavy (non-hydrogen) atoms. The van der Waals surface area contributed by atoms with Crippen LogP contribution in [0.2, 0.25) is 0 Å². The molecule has 0 aliphatic carbocycles. The third kappa shape index (κ3) is 41.2. The zero-order valence-electron chi connectivity index (χ0n) is 42.8. The number of ketones is 1. The Morgan fingerprint density at radius 3 is 1.44 bits per heavy atom. The fourth-order valence-corrected chi connectivity index (χ4v) is 8.42. The van der Waals surface area contributed by atoms with Crippen molar-refractivity contribution in [1.82, 2.24) is 9.80 Å². The van der Waals surface area contributed by atoms with Crippen molar-refractivity contribution in [2.24, 2.45) is 5.92 Å². The minimum absolute atomic E-state index is 0.0201. The molecule has 1 fully saturated rings. The summed E-state index contributed by atoms with van der Waals surface area (Å²) < 4.78 is 17.2. The summed E-state index contributed by atoms with van der Waals surface area (Å²) in [5.41, 5.74) is 0. The third-order valence-electron chi connectivity index (χ3n) is 12.5. The van der Waals surface area contributed by atoms with E-state index in [4.69, 9.17) is 14.2 Å². The van der Waals surface area contributed by atoms with Gasteiger partial charge >= 0.3 is 17.9 Å². The summed E-state index contributed by atoms with van der Waals surface area (Å²) in [6, 6.07) is -0.145. The Morgan fingerprint density at radius 1 is 0.540 bits per heavy atom. The van der Waals surface area contributed by atoms with Crippen LogP contribution in [0, 0.1) is 5.92 Å². The van der Waals surface area contributed by atoms with Crippen LogP contribution in [-0.4, -0.2) is 92.6 Å². The molecule has 2 atom stereocenters. The standard InChI is InChI=1S/C48H91NO6.C6H13NO/c1-5-8-11-14-17-18-19-24-32-39-53-46(50)36-30-26-31-38-49-42-43(4)41-45(49)48(52)54-40-33-25-20-23-29-37-47(51)55-44(34-27-21-15-12-9-6-2)35-28-22-16-13-10-7-3;1-6(8)4-5-7(2)3/h43-45H,5-42H2,1-4H3;4-5H2,1-3H3/t43-,45-;/m0./s1. The van der Waals surface area contributed by atoms with Crippen LogP contribution in [0.3, 0.4) is 0 Å². The van der Waals surface area contributed by atoms with E-state index in [1.165, 1.54) is 122 Å². The summed E-state index contributed by atoms with van der Waals surface area (Å²) in [6.07, 6.45) is 38.9. The van der Waals surface area contributed by atoms with Crippen molar-refractivity contribution in [3.8, 4) is 0 Å². The molecule has 9 heteroatoms. The third-order valence-corrected chi connectivity index (χ3v) is 12.5. The lowest BCUT2D eigenvalue weighted by Crippen LogP contribution is -2.38. The monoisotopic (exact) mass is 893 g/mol. The van der Waals surface area contributed by atoms with E-state index in [2.05, 4.69) is 32.6 Å². The highest BCUT2D eigenvalue weighted by molar-refractivity contribution is 5.76. The topological polar surface area (TPSA) is 102 Å². The van der Waals surface area contributed by atoms with E-state index >= 15 is 0 Å². The molecular weight excluding hydrogens is 789 g/mol. The van der Waals surface area contributed by atoms with Crippen molar-refractivity contribution in [2.45, 2.75) is 271 Å². The molecule has 0 saturated carbocycles. The molecule has 0 bridgehead atoms. The van der Waals surface area contributed by atoms with Gasteiger partial charge in [0.25, 0.3) is 0 Å². The van der Waals surface area contributed by atoms with Crippen molar-refractivity contribution >= 4 is 23.7 Å². The Morgan fingerprint density at radius 2 is 0.968 bits per heavy atom. The predicted molar refractivity (Wildman–Crippen MR) is 264 cm³/mol. The molecular formula is C54H104N2O7. The fourth-order valence-electron chi connectivity index (χ4n) is 8.42. The van der Waals surface area contributed by atoms with Gasteiger partial charge in [-0.25, -0.2) is 0 Å². The van der Waals surface area contributed by atoms with E-state index in [0.29, 0.717) is 38.4 Å². The Balaban J connectivity index is 0.00000434. The molecule has 0 N–H and O–H groups in total. The molecule has 0 aromatic heterocycles. The van der Waals surface area contributed by atoms with Gasteiger partial charge in [-0.3, -0.25) is 24.1 Å². The lowest BCUT2D eigenvalue weighted by Gasteiger charge is -2.22. The zero-order valence-corrected chi connectivity index (χ0v) is 42.8.